The van der Waals surface area contributed by atoms with Crippen LogP contribution in [0.3, 0.4) is 0 Å². The van der Waals surface area contributed by atoms with Gasteiger partial charge in [-0.05, 0) is 98.6 Å². The Kier molecular flexibility index (Phi) is 6.07. The Morgan fingerprint density at radius 2 is 1.32 bits per heavy atom. The smallest absolute Gasteiger partial charge is 0.160 e. The van der Waals surface area contributed by atoms with Crippen LogP contribution < -0.4 is 0 Å². The Morgan fingerprint density at radius 3 is 1.84 bits per heavy atom. The van der Waals surface area contributed by atoms with Gasteiger partial charge in [0.1, 0.15) is 0 Å². The lowest BCUT2D eigenvalue weighted by Gasteiger charge is -2.15. The van der Waals surface area contributed by atoms with Crippen LogP contribution in [0.4, 0.5) is 0 Å². The zero-order chi connectivity index (χ0) is 17.6. The molecule has 0 aliphatic heterocycles. The number of hydrogen-bond acceptors (Lipinski definition) is 1. The fraction of sp³-hybridized carbons (Fsp3) is 0.458. The molecule has 0 aromatic heterocycles. The van der Waals surface area contributed by atoms with Gasteiger partial charge in [-0.15, -0.1) is 0 Å². The Labute approximate surface area is 152 Å². The van der Waals surface area contributed by atoms with Crippen LogP contribution in [0.25, 0.3) is 0 Å². The van der Waals surface area contributed by atoms with Gasteiger partial charge in [0.25, 0.3) is 0 Å². The van der Waals surface area contributed by atoms with Crippen LogP contribution in [0.1, 0.15) is 77.7 Å². The number of Topliss-reactive ketones (excluding diaryl/α,β-unsaturated/α-hetero) is 1. The van der Waals surface area contributed by atoms with E-state index in [1.807, 2.05) is 0 Å². The summed E-state index contributed by atoms with van der Waals surface area (Å²) < 4.78 is 0. The minimum atomic E-state index is 0.217. The van der Waals surface area contributed by atoms with E-state index in [1.54, 1.807) is 6.92 Å². The van der Waals surface area contributed by atoms with Gasteiger partial charge in [-0.2, -0.15) is 0 Å². The number of aryl methyl sites for hydroxylation is 5. The molecule has 0 N–H and O–H groups in total. The van der Waals surface area contributed by atoms with Crippen molar-refractivity contribution < 1.29 is 4.79 Å². The lowest BCUT2D eigenvalue weighted by molar-refractivity contribution is 0.101. The molecule has 0 spiro atoms. The van der Waals surface area contributed by atoms with E-state index in [4.69, 9.17) is 0 Å². The molecule has 1 nitrogen and oxygen atoms in total. The van der Waals surface area contributed by atoms with Gasteiger partial charge in [-0.25, -0.2) is 0 Å². The molecule has 132 valence electrons. The maximum atomic E-state index is 12.2. The molecule has 4 aliphatic rings. The highest BCUT2D eigenvalue weighted by molar-refractivity contribution is 5.96. The largest absolute Gasteiger partial charge is 0.295 e. The van der Waals surface area contributed by atoms with Crippen molar-refractivity contribution in [1.82, 2.24) is 0 Å². The molecule has 0 saturated heterocycles. The average Bonchev–Trinajstić information content (AvgIpc) is 2.62. The standard InChI is InChI=1S/C24H30O/c1-3-21-16-23-11-7-5-9-20-14-12-19(13-15-20)8-4-6-10-22(21)17-24(23)18(2)25/h12-17H,3-11H2,1-2H3. The van der Waals surface area contributed by atoms with Crippen molar-refractivity contribution in [3.05, 3.63) is 69.8 Å². The van der Waals surface area contributed by atoms with E-state index in [2.05, 4.69) is 43.3 Å². The molecular weight excluding hydrogens is 304 g/mol. The highest BCUT2D eigenvalue weighted by atomic mass is 16.1. The van der Waals surface area contributed by atoms with Crippen LogP contribution in [-0.4, -0.2) is 5.78 Å². The fourth-order valence-corrected chi connectivity index (χ4v) is 4.00. The van der Waals surface area contributed by atoms with Crippen molar-refractivity contribution in [2.75, 3.05) is 0 Å². The summed E-state index contributed by atoms with van der Waals surface area (Å²) in [4.78, 5) is 12.2. The second-order valence-corrected chi connectivity index (χ2v) is 7.42. The summed E-state index contributed by atoms with van der Waals surface area (Å²) in [5.41, 5.74) is 7.94. The molecule has 1 heteroatoms. The number of ketones is 1. The van der Waals surface area contributed by atoms with E-state index in [1.165, 1.54) is 47.1 Å². The van der Waals surface area contributed by atoms with Crippen LogP contribution in [0, 0.1) is 0 Å². The lowest BCUT2D eigenvalue weighted by atomic mass is 9.89. The molecule has 0 amide bonds. The van der Waals surface area contributed by atoms with Gasteiger partial charge < -0.3 is 0 Å². The molecule has 0 saturated carbocycles. The normalized spacial score (nSPS) is 15.4. The van der Waals surface area contributed by atoms with E-state index < -0.39 is 0 Å². The molecule has 4 aliphatic carbocycles. The summed E-state index contributed by atoms with van der Waals surface area (Å²) in [6, 6.07) is 13.7. The molecule has 0 atom stereocenters. The number of benzene rings is 2. The molecule has 2 aromatic carbocycles. The molecule has 6 rings (SSSR count). The minimum Gasteiger partial charge on any atom is -0.295 e. The third kappa shape index (κ3) is 4.60. The summed E-state index contributed by atoms with van der Waals surface area (Å²) in [6.45, 7) is 3.95. The van der Waals surface area contributed by atoms with Crippen molar-refractivity contribution in [1.29, 1.82) is 0 Å². The van der Waals surface area contributed by atoms with Crippen molar-refractivity contribution in [2.45, 2.75) is 71.6 Å². The first kappa shape index (κ1) is 17.9. The highest BCUT2D eigenvalue weighted by Gasteiger charge is 2.13. The average molecular weight is 335 g/mol. The number of carbonyl (C=O) groups is 1. The third-order valence-electron chi connectivity index (χ3n) is 5.53. The van der Waals surface area contributed by atoms with Gasteiger partial charge in [0.15, 0.2) is 5.78 Å². The number of rotatable bonds is 2. The van der Waals surface area contributed by atoms with Gasteiger partial charge in [-0.3, -0.25) is 4.79 Å². The predicted octanol–water partition coefficient (Wildman–Crippen LogP) is 5.90. The van der Waals surface area contributed by atoms with Gasteiger partial charge in [0.05, 0.1) is 0 Å². The maximum absolute atomic E-state index is 12.2. The van der Waals surface area contributed by atoms with Crippen molar-refractivity contribution in [3.63, 3.8) is 0 Å². The van der Waals surface area contributed by atoms with Crippen LogP contribution in [0.5, 0.6) is 0 Å². The van der Waals surface area contributed by atoms with Gasteiger partial charge in [0, 0.05) is 5.56 Å². The van der Waals surface area contributed by atoms with Crippen LogP contribution in [0.15, 0.2) is 36.4 Å². The summed E-state index contributed by atoms with van der Waals surface area (Å²) in [6.07, 6.45) is 10.2. The third-order valence-corrected chi connectivity index (χ3v) is 5.53. The van der Waals surface area contributed by atoms with Gasteiger partial charge in [0.2, 0.25) is 0 Å². The number of hydrogen-bond donors (Lipinski definition) is 0. The Hall–Kier alpha value is -1.89. The molecule has 0 radical (unpaired) electrons. The van der Waals surface area contributed by atoms with Crippen molar-refractivity contribution >= 4 is 5.78 Å². The SMILES string of the molecule is CCc1cc2c(C(C)=O)cc1CCCCc1ccc(cc1)CCCC2. The van der Waals surface area contributed by atoms with Crippen LogP contribution in [-0.2, 0) is 32.1 Å². The Morgan fingerprint density at radius 1 is 0.800 bits per heavy atom. The predicted molar refractivity (Wildman–Crippen MR) is 106 cm³/mol. The fourth-order valence-electron chi connectivity index (χ4n) is 4.00. The number of carbonyl (C=O) groups excluding carboxylic acids is 1. The molecule has 25 heavy (non-hydrogen) atoms. The molecule has 0 unspecified atom stereocenters. The summed E-state index contributed by atoms with van der Waals surface area (Å²) in [5.74, 6) is 0.217. The first-order chi connectivity index (χ1) is 12.2. The van der Waals surface area contributed by atoms with E-state index in [0.717, 1.165) is 44.1 Å². The maximum Gasteiger partial charge on any atom is 0.160 e. The topological polar surface area (TPSA) is 17.1 Å². The van der Waals surface area contributed by atoms with E-state index in [9.17, 15) is 4.79 Å². The lowest BCUT2D eigenvalue weighted by Crippen LogP contribution is -2.06. The van der Waals surface area contributed by atoms with Crippen molar-refractivity contribution in [2.24, 2.45) is 0 Å². The first-order valence-electron chi connectivity index (χ1n) is 9.91. The summed E-state index contributed by atoms with van der Waals surface area (Å²) in [7, 11) is 0. The van der Waals surface area contributed by atoms with Crippen molar-refractivity contribution in [3.8, 4) is 0 Å². The Bertz CT molecular complexity index is 725. The molecule has 2 aromatic rings. The molecule has 0 heterocycles. The first-order valence-corrected chi connectivity index (χ1v) is 9.91. The minimum absolute atomic E-state index is 0.217. The van der Waals surface area contributed by atoms with Crippen LogP contribution >= 0.6 is 0 Å². The highest BCUT2D eigenvalue weighted by Crippen LogP contribution is 2.23. The zero-order valence-electron chi connectivity index (χ0n) is 15.7. The zero-order valence-corrected chi connectivity index (χ0v) is 15.7. The molecule has 0 fully saturated rings. The van der Waals surface area contributed by atoms with Gasteiger partial charge in [-0.1, -0.05) is 37.3 Å². The quantitative estimate of drug-likeness (QED) is 0.625. The Balaban J connectivity index is 1.88. The van der Waals surface area contributed by atoms with Gasteiger partial charge >= 0.3 is 0 Å². The van der Waals surface area contributed by atoms with E-state index in [0.29, 0.717) is 0 Å². The second-order valence-electron chi connectivity index (χ2n) is 7.42. The monoisotopic (exact) mass is 334 g/mol. The van der Waals surface area contributed by atoms with Crippen LogP contribution in [0.2, 0.25) is 0 Å². The molecule has 4 bridgehead atoms. The summed E-state index contributed by atoms with van der Waals surface area (Å²) >= 11 is 0. The van der Waals surface area contributed by atoms with E-state index >= 15 is 0 Å². The summed E-state index contributed by atoms with van der Waals surface area (Å²) in [5, 5.41) is 0. The molecular formula is C24H30O. The van der Waals surface area contributed by atoms with E-state index in [-0.39, 0.29) is 5.78 Å². The second kappa shape index (κ2) is 8.47.